The van der Waals surface area contributed by atoms with Gasteiger partial charge in [-0.2, -0.15) is 0 Å². The highest BCUT2D eigenvalue weighted by Crippen LogP contribution is 2.15. The zero-order valence-electron chi connectivity index (χ0n) is 12.2. The number of carbonyl (C=O) groups excluding carboxylic acids is 1. The van der Waals surface area contributed by atoms with Crippen LogP contribution in [0.15, 0.2) is 24.3 Å². The second-order valence-corrected chi connectivity index (χ2v) is 5.45. The molecule has 1 aromatic rings. The Hall–Kier alpha value is -1.39. The number of benzene rings is 1. The first-order chi connectivity index (χ1) is 8.92. The van der Waals surface area contributed by atoms with Gasteiger partial charge in [0.25, 0.3) is 0 Å². The zero-order valence-corrected chi connectivity index (χ0v) is 12.2. The van der Waals surface area contributed by atoms with Gasteiger partial charge in [0.15, 0.2) is 0 Å². The lowest BCUT2D eigenvalue weighted by Gasteiger charge is -2.20. The van der Waals surface area contributed by atoms with Gasteiger partial charge < -0.3 is 15.4 Å². The lowest BCUT2D eigenvalue weighted by atomic mass is 10.1. The summed E-state index contributed by atoms with van der Waals surface area (Å²) >= 11 is 0. The van der Waals surface area contributed by atoms with E-state index in [-0.39, 0.29) is 11.4 Å². The second-order valence-electron chi connectivity index (χ2n) is 5.45. The van der Waals surface area contributed by atoms with Crippen molar-refractivity contribution in [3.05, 3.63) is 29.8 Å². The van der Waals surface area contributed by atoms with Crippen molar-refractivity contribution < 1.29 is 9.53 Å². The standard InChI is InChI=1S/C15H24N2O2/c1-5-19-11-12-8-6-7-9-13(12)17-14(18)10-16-15(2,3)4/h6-9,16H,5,10-11H2,1-4H3,(H,17,18). The van der Waals surface area contributed by atoms with Crippen LogP contribution in [-0.2, 0) is 16.1 Å². The van der Waals surface area contributed by atoms with Gasteiger partial charge in [0, 0.05) is 23.4 Å². The van der Waals surface area contributed by atoms with Crippen LogP contribution in [0.3, 0.4) is 0 Å². The van der Waals surface area contributed by atoms with Crippen LogP contribution in [0.5, 0.6) is 0 Å². The molecule has 0 saturated heterocycles. The number of nitrogens with one attached hydrogen (secondary N) is 2. The van der Waals surface area contributed by atoms with Crippen molar-refractivity contribution in [1.82, 2.24) is 5.32 Å². The van der Waals surface area contributed by atoms with Crippen LogP contribution >= 0.6 is 0 Å². The number of ether oxygens (including phenoxy) is 1. The monoisotopic (exact) mass is 264 g/mol. The van der Waals surface area contributed by atoms with Gasteiger partial charge >= 0.3 is 0 Å². The zero-order chi connectivity index (χ0) is 14.3. The third-order valence-electron chi connectivity index (χ3n) is 2.53. The van der Waals surface area contributed by atoms with Gasteiger partial charge in [-0.05, 0) is 33.8 Å². The third kappa shape index (κ3) is 6.36. The van der Waals surface area contributed by atoms with Crippen molar-refractivity contribution in [2.75, 3.05) is 18.5 Å². The number of para-hydroxylation sites is 1. The van der Waals surface area contributed by atoms with Crippen molar-refractivity contribution >= 4 is 11.6 Å². The quantitative estimate of drug-likeness (QED) is 0.830. The number of hydrogen-bond donors (Lipinski definition) is 2. The molecule has 1 rings (SSSR count). The van der Waals surface area contributed by atoms with Crippen LogP contribution in [0.2, 0.25) is 0 Å². The van der Waals surface area contributed by atoms with Crippen molar-refractivity contribution in [1.29, 1.82) is 0 Å². The summed E-state index contributed by atoms with van der Waals surface area (Å²) in [5.74, 6) is -0.0427. The van der Waals surface area contributed by atoms with E-state index >= 15 is 0 Å². The molecule has 19 heavy (non-hydrogen) atoms. The molecule has 0 saturated carbocycles. The molecule has 0 spiro atoms. The molecular weight excluding hydrogens is 240 g/mol. The molecule has 0 aromatic heterocycles. The Morgan fingerprint density at radius 3 is 2.58 bits per heavy atom. The first kappa shape index (κ1) is 15.7. The number of rotatable bonds is 6. The van der Waals surface area contributed by atoms with Crippen LogP contribution in [0.4, 0.5) is 5.69 Å². The van der Waals surface area contributed by atoms with E-state index in [0.29, 0.717) is 19.8 Å². The Bertz CT molecular complexity index is 411. The van der Waals surface area contributed by atoms with E-state index in [1.54, 1.807) is 0 Å². The highest BCUT2D eigenvalue weighted by Gasteiger charge is 2.12. The maximum absolute atomic E-state index is 11.9. The van der Waals surface area contributed by atoms with Gasteiger partial charge in [-0.3, -0.25) is 4.79 Å². The average Bonchev–Trinajstić information content (AvgIpc) is 2.34. The Morgan fingerprint density at radius 2 is 1.95 bits per heavy atom. The highest BCUT2D eigenvalue weighted by molar-refractivity contribution is 5.93. The molecule has 106 valence electrons. The van der Waals surface area contributed by atoms with E-state index in [0.717, 1.165) is 11.3 Å². The normalized spacial score (nSPS) is 11.4. The number of anilines is 1. The van der Waals surface area contributed by atoms with E-state index in [1.165, 1.54) is 0 Å². The lowest BCUT2D eigenvalue weighted by molar-refractivity contribution is -0.115. The molecule has 0 fully saturated rings. The fourth-order valence-electron chi connectivity index (χ4n) is 1.52. The first-order valence-corrected chi connectivity index (χ1v) is 6.63. The van der Waals surface area contributed by atoms with Gasteiger partial charge in [-0.1, -0.05) is 18.2 Å². The van der Waals surface area contributed by atoms with Gasteiger partial charge in [-0.25, -0.2) is 0 Å². The molecule has 4 heteroatoms. The average molecular weight is 264 g/mol. The molecule has 0 unspecified atom stereocenters. The molecule has 0 radical (unpaired) electrons. The molecule has 2 N–H and O–H groups in total. The van der Waals surface area contributed by atoms with E-state index in [9.17, 15) is 4.79 Å². The summed E-state index contributed by atoms with van der Waals surface area (Å²) in [4.78, 5) is 11.9. The summed E-state index contributed by atoms with van der Waals surface area (Å²) in [5, 5.41) is 6.07. The number of carbonyl (C=O) groups is 1. The summed E-state index contributed by atoms with van der Waals surface area (Å²) in [6.07, 6.45) is 0. The summed E-state index contributed by atoms with van der Waals surface area (Å²) in [7, 11) is 0. The van der Waals surface area contributed by atoms with E-state index in [1.807, 2.05) is 52.0 Å². The van der Waals surface area contributed by atoms with Gasteiger partial charge in [0.2, 0.25) is 5.91 Å². The first-order valence-electron chi connectivity index (χ1n) is 6.63. The molecule has 1 aromatic carbocycles. The molecule has 0 aliphatic rings. The minimum absolute atomic E-state index is 0.0427. The fraction of sp³-hybridized carbons (Fsp3) is 0.533. The summed E-state index contributed by atoms with van der Waals surface area (Å²) in [6.45, 7) is 9.52. The van der Waals surface area contributed by atoms with Crippen molar-refractivity contribution in [2.24, 2.45) is 0 Å². The van der Waals surface area contributed by atoms with Gasteiger partial charge in [0.1, 0.15) is 0 Å². The van der Waals surface area contributed by atoms with Crippen molar-refractivity contribution in [3.8, 4) is 0 Å². The van der Waals surface area contributed by atoms with Crippen LogP contribution in [-0.4, -0.2) is 24.6 Å². The van der Waals surface area contributed by atoms with Crippen LogP contribution in [0.1, 0.15) is 33.3 Å². The molecule has 0 heterocycles. The van der Waals surface area contributed by atoms with Gasteiger partial charge in [0.05, 0.1) is 13.2 Å². The second kappa shape index (κ2) is 7.26. The summed E-state index contributed by atoms with van der Waals surface area (Å²) < 4.78 is 5.39. The van der Waals surface area contributed by atoms with E-state index < -0.39 is 0 Å². The minimum Gasteiger partial charge on any atom is -0.377 e. The minimum atomic E-state index is -0.0673. The maximum atomic E-state index is 11.9. The maximum Gasteiger partial charge on any atom is 0.238 e. The summed E-state index contributed by atoms with van der Waals surface area (Å²) in [6, 6.07) is 7.70. The largest absolute Gasteiger partial charge is 0.377 e. The molecule has 1 amide bonds. The highest BCUT2D eigenvalue weighted by atomic mass is 16.5. The van der Waals surface area contributed by atoms with Gasteiger partial charge in [-0.15, -0.1) is 0 Å². The Labute approximate surface area is 115 Å². The fourth-order valence-corrected chi connectivity index (χ4v) is 1.52. The van der Waals surface area contributed by atoms with Crippen LogP contribution in [0.25, 0.3) is 0 Å². The third-order valence-corrected chi connectivity index (χ3v) is 2.53. The molecule has 0 aliphatic heterocycles. The molecule has 0 bridgehead atoms. The number of hydrogen-bond acceptors (Lipinski definition) is 3. The molecule has 4 nitrogen and oxygen atoms in total. The van der Waals surface area contributed by atoms with E-state index in [2.05, 4.69) is 10.6 Å². The SMILES string of the molecule is CCOCc1ccccc1NC(=O)CNC(C)(C)C. The molecule has 0 aliphatic carbocycles. The lowest BCUT2D eigenvalue weighted by Crippen LogP contribution is -2.41. The molecule has 0 atom stereocenters. The number of amides is 1. The summed E-state index contributed by atoms with van der Waals surface area (Å²) in [5.41, 5.74) is 1.74. The van der Waals surface area contributed by atoms with Crippen molar-refractivity contribution in [3.63, 3.8) is 0 Å². The topological polar surface area (TPSA) is 50.4 Å². The Kier molecular flexibility index (Phi) is 5.99. The van der Waals surface area contributed by atoms with Crippen molar-refractivity contribution in [2.45, 2.75) is 39.8 Å². The van der Waals surface area contributed by atoms with E-state index in [4.69, 9.17) is 4.74 Å². The predicted octanol–water partition coefficient (Wildman–Crippen LogP) is 2.55. The van der Waals surface area contributed by atoms with Crippen LogP contribution < -0.4 is 10.6 Å². The molecular formula is C15H24N2O2. The predicted molar refractivity (Wildman–Crippen MR) is 78.2 cm³/mol. The Morgan fingerprint density at radius 1 is 1.26 bits per heavy atom. The Balaban J connectivity index is 2.58. The smallest absolute Gasteiger partial charge is 0.238 e. The van der Waals surface area contributed by atoms with Crippen LogP contribution in [0, 0.1) is 0 Å².